The Morgan fingerprint density at radius 3 is 2.35 bits per heavy atom. The number of hydrogen-bond donors (Lipinski definition) is 2. The van der Waals surface area contributed by atoms with E-state index < -0.39 is 15.6 Å². The molecule has 2 fully saturated rings. The number of nitrogens with zero attached hydrogens (tertiary/aromatic N) is 1. The Bertz CT molecular complexity index is 730. The Kier molecular flexibility index (Phi) is 6.38. The minimum atomic E-state index is -3.59. The average molecular weight is 402 g/mol. The third-order valence-electron chi connectivity index (χ3n) is 4.74. The molecule has 146 valence electrons. The van der Waals surface area contributed by atoms with Crippen LogP contribution in [0.5, 0.6) is 0 Å². The second-order valence-corrected chi connectivity index (χ2v) is 9.65. The maximum atomic E-state index is 12.9. The van der Waals surface area contributed by atoms with Crippen LogP contribution in [0.3, 0.4) is 0 Å². The van der Waals surface area contributed by atoms with Crippen LogP contribution in [0, 0.1) is 0 Å². The Morgan fingerprint density at radius 2 is 1.73 bits per heavy atom. The molecule has 2 bridgehead atoms. The van der Waals surface area contributed by atoms with Crippen molar-refractivity contribution in [2.75, 3.05) is 13.1 Å². The van der Waals surface area contributed by atoms with Crippen LogP contribution in [-0.2, 0) is 10.0 Å². The van der Waals surface area contributed by atoms with E-state index in [1.54, 1.807) is 32.9 Å². The van der Waals surface area contributed by atoms with Gasteiger partial charge in [-0.05, 0) is 70.8 Å². The number of carbonyl (C=O) groups is 1. The van der Waals surface area contributed by atoms with Crippen molar-refractivity contribution in [2.24, 2.45) is 0 Å². The summed E-state index contributed by atoms with van der Waals surface area (Å²) in [6.07, 6.45) is 3.07. The summed E-state index contributed by atoms with van der Waals surface area (Å²) in [7, 11) is -3.59. The van der Waals surface area contributed by atoms with Crippen molar-refractivity contribution in [3.63, 3.8) is 0 Å². The Labute approximate surface area is 162 Å². The molecule has 0 radical (unpaired) electrons. The Balaban J connectivity index is 0.00000243. The standard InChI is InChI=1S/C18H27N3O3S.ClH/c1-18(2,3)20-25(23,24)16-8-4-13(5-9-16)17(22)21-14-6-7-15(21)12-19-11-10-14;/h4-5,8-9,14-15,19-20H,6-7,10-12H2,1-3H3;1H. The molecule has 1 amide bonds. The first-order chi connectivity index (χ1) is 11.7. The molecule has 6 nitrogen and oxygen atoms in total. The summed E-state index contributed by atoms with van der Waals surface area (Å²) >= 11 is 0. The van der Waals surface area contributed by atoms with E-state index in [1.807, 2.05) is 4.90 Å². The topological polar surface area (TPSA) is 78.5 Å². The zero-order valence-corrected chi connectivity index (χ0v) is 17.1. The van der Waals surface area contributed by atoms with Crippen LogP contribution in [0.25, 0.3) is 0 Å². The van der Waals surface area contributed by atoms with E-state index in [2.05, 4.69) is 10.0 Å². The van der Waals surface area contributed by atoms with E-state index in [-0.39, 0.29) is 29.3 Å². The van der Waals surface area contributed by atoms with E-state index in [0.29, 0.717) is 11.6 Å². The number of benzene rings is 1. The van der Waals surface area contributed by atoms with Gasteiger partial charge in [0, 0.05) is 29.7 Å². The summed E-state index contributed by atoms with van der Waals surface area (Å²) in [6.45, 7) is 7.17. The van der Waals surface area contributed by atoms with Crippen LogP contribution >= 0.6 is 12.4 Å². The molecule has 3 rings (SSSR count). The lowest BCUT2D eigenvalue weighted by molar-refractivity contribution is 0.0680. The molecule has 0 saturated carbocycles. The van der Waals surface area contributed by atoms with Crippen LogP contribution in [-0.4, -0.2) is 49.9 Å². The van der Waals surface area contributed by atoms with E-state index in [9.17, 15) is 13.2 Å². The second kappa shape index (κ2) is 7.84. The number of fused-ring (bicyclic) bond motifs is 2. The summed E-state index contributed by atoms with van der Waals surface area (Å²) in [5.41, 5.74) is -0.000485. The fourth-order valence-electron chi connectivity index (χ4n) is 3.70. The van der Waals surface area contributed by atoms with Gasteiger partial charge in [0.1, 0.15) is 0 Å². The molecule has 0 spiro atoms. The van der Waals surface area contributed by atoms with Gasteiger partial charge in [-0.2, -0.15) is 0 Å². The molecule has 2 heterocycles. The number of amides is 1. The third-order valence-corrected chi connectivity index (χ3v) is 6.51. The molecule has 2 aliphatic heterocycles. The number of sulfonamides is 1. The number of carbonyl (C=O) groups excluding carboxylic acids is 1. The molecule has 2 aliphatic rings. The highest BCUT2D eigenvalue weighted by Gasteiger charge is 2.38. The predicted molar refractivity (Wildman–Crippen MR) is 104 cm³/mol. The lowest BCUT2D eigenvalue weighted by atomic mass is 10.1. The zero-order chi connectivity index (χ0) is 18.2. The van der Waals surface area contributed by atoms with Gasteiger partial charge in [-0.15, -0.1) is 12.4 Å². The van der Waals surface area contributed by atoms with Gasteiger partial charge in [-0.1, -0.05) is 0 Å². The monoisotopic (exact) mass is 401 g/mol. The maximum absolute atomic E-state index is 12.9. The van der Waals surface area contributed by atoms with Gasteiger partial charge < -0.3 is 10.2 Å². The first kappa shape index (κ1) is 21.2. The van der Waals surface area contributed by atoms with Gasteiger partial charge >= 0.3 is 0 Å². The highest BCUT2D eigenvalue weighted by Crippen LogP contribution is 2.29. The molecule has 2 N–H and O–H groups in total. The van der Waals surface area contributed by atoms with E-state index in [4.69, 9.17) is 0 Å². The summed E-state index contributed by atoms with van der Waals surface area (Å²) in [5.74, 6) is 0.00364. The number of hydrogen-bond acceptors (Lipinski definition) is 4. The first-order valence-electron chi connectivity index (χ1n) is 8.85. The Hall–Kier alpha value is -1.15. The fraction of sp³-hybridized carbons (Fsp3) is 0.611. The van der Waals surface area contributed by atoms with Crippen molar-refractivity contribution in [2.45, 2.75) is 62.6 Å². The molecule has 26 heavy (non-hydrogen) atoms. The normalized spacial score (nSPS) is 23.3. The summed E-state index contributed by atoms with van der Waals surface area (Å²) < 4.78 is 27.4. The van der Waals surface area contributed by atoms with E-state index in [1.165, 1.54) is 12.1 Å². The number of halogens is 1. The van der Waals surface area contributed by atoms with Gasteiger partial charge in [0.15, 0.2) is 0 Å². The molecular weight excluding hydrogens is 374 g/mol. The molecule has 1 aromatic rings. The fourth-order valence-corrected chi connectivity index (χ4v) is 5.12. The van der Waals surface area contributed by atoms with Crippen molar-refractivity contribution in [3.8, 4) is 0 Å². The van der Waals surface area contributed by atoms with E-state index >= 15 is 0 Å². The summed E-state index contributed by atoms with van der Waals surface area (Å²) in [5, 5.41) is 3.38. The average Bonchev–Trinajstić information content (AvgIpc) is 2.77. The van der Waals surface area contributed by atoms with Crippen molar-refractivity contribution < 1.29 is 13.2 Å². The summed E-state index contributed by atoms with van der Waals surface area (Å²) in [4.78, 5) is 15.1. The van der Waals surface area contributed by atoms with Gasteiger partial charge in [-0.25, -0.2) is 13.1 Å². The van der Waals surface area contributed by atoms with Crippen molar-refractivity contribution >= 4 is 28.3 Å². The smallest absolute Gasteiger partial charge is 0.254 e. The molecule has 0 aromatic heterocycles. The second-order valence-electron chi connectivity index (χ2n) is 7.97. The molecule has 2 unspecified atom stereocenters. The van der Waals surface area contributed by atoms with Crippen LogP contribution < -0.4 is 10.0 Å². The van der Waals surface area contributed by atoms with Crippen LogP contribution in [0.15, 0.2) is 29.2 Å². The Morgan fingerprint density at radius 1 is 1.12 bits per heavy atom. The molecule has 1 aromatic carbocycles. The van der Waals surface area contributed by atoms with E-state index in [0.717, 1.165) is 32.4 Å². The van der Waals surface area contributed by atoms with Crippen molar-refractivity contribution in [1.29, 1.82) is 0 Å². The largest absolute Gasteiger partial charge is 0.331 e. The quantitative estimate of drug-likeness (QED) is 0.813. The minimum Gasteiger partial charge on any atom is -0.331 e. The number of rotatable bonds is 3. The van der Waals surface area contributed by atoms with Crippen molar-refractivity contribution in [1.82, 2.24) is 14.9 Å². The van der Waals surface area contributed by atoms with Gasteiger partial charge in [0.25, 0.3) is 5.91 Å². The van der Waals surface area contributed by atoms with Gasteiger partial charge in [-0.3, -0.25) is 4.79 Å². The van der Waals surface area contributed by atoms with Gasteiger partial charge in [0.2, 0.25) is 10.0 Å². The molecule has 2 saturated heterocycles. The van der Waals surface area contributed by atoms with Gasteiger partial charge in [0.05, 0.1) is 4.90 Å². The highest BCUT2D eigenvalue weighted by molar-refractivity contribution is 7.89. The lowest BCUT2D eigenvalue weighted by Gasteiger charge is -2.28. The lowest BCUT2D eigenvalue weighted by Crippen LogP contribution is -2.42. The first-order valence-corrected chi connectivity index (χ1v) is 10.3. The molecule has 2 atom stereocenters. The zero-order valence-electron chi connectivity index (χ0n) is 15.5. The summed E-state index contributed by atoms with van der Waals surface area (Å²) in [6, 6.07) is 6.80. The number of nitrogens with one attached hydrogen (secondary N) is 2. The van der Waals surface area contributed by atoms with Crippen LogP contribution in [0.4, 0.5) is 0 Å². The SMILES string of the molecule is CC(C)(C)NS(=O)(=O)c1ccc(C(=O)N2C3CCNCC2CC3)cc1.Cl. The van der Waals surface area contributed by atoms with Crippen LogP contribution in [0.2, 0.25) is 0 Å². The maximum Gasteiger partial charge on any atom is 0.254 e. The highest BCUT2D eigenvalue weighted by atomic mass is 35.5. The minimum absolute atomic E-state index is 0. The van der Waals surface area contributed by atoms with Crippen LogP contribution in [0.1, 0.15) is 50.4 Å². The third kappa shape index (κ3) is 4.57. The molecular formula is C18H28ClN3O3S. The molecule has 8 heteroatoms. The molecule has 0 aliphatic carbocycles. The van der Waals surface area contributed by atoms with Crippen molar-refractivity contribution in [3.05, 3.63) is 29.8 Å². The predicted octanol–water partition coefficient (Wildman–Crippen LogP) is 2.15.